The summed E-state index contributed by atoms with van der Waals surface area (Å²) in [6.07, 6.45) is 5.07. The quantitative estimate of drug-likeness (QED) is 0.427. The van der Waals surface area contributed by atoms with Crippen molar-refractivity contribution in [2.45, 2.75) is 142 Å². The van der Waals surface area contributed by atoms with Crippen molar-refractivity contribution in [3.63, 3.8) is 0 Å². The maximum atomic E-state index is 11.9. The lowest BCUT2D eigenvalue weighted by Crippen LogP contribution is -2.70. The van der Waals surface area contributed by atoms with Crippen LogP contribution in [0.5, 0.6) is 0 Å². The van der Waals surface area contributed by atoms with Gasteiger partial charge in [0.25, 0.3) is 0 Å². The molecule has 0 radical (unpaired) electrons. The lowest BCUT2D eigenvalue weighted by molar-refractivity contribution is -0.284. The standard InChI is InChI=1S/C30H52O5/c1-25(2)21(33)10-12-27(5)20-15-18(31)23-17(30(8)14-11-22(34)26(3,4)35-30)9-13-28(23,6)29(20,7)16-19(32)24(25)27/h17-24,31-34H,9-16H2,1-8H3/t17?,18-,19+,20-,21+,22-,23?,24?,27-,28-,29-,30+/m1/s1. The van der Waals surface area contributed by atoms with E-state index in [1.54, 1.807) is 0 Å². The van der Waals surface area contributed by atoms with E-state index in [4.69, 9.17) is 4.74 Å². The van der Waals surface area contributed by atoms with Crippen molar-refractivity contribution in [3.05, 3.63) is 0 Å². The summed E-state index contributed by atoms with van der Waals surface area (Å²) in [5, 5.41) is 45.1. The first kappa shape index (κ1) is 26.4. The Labute approximate surface area is 213 Å². The van der Waals surface area contributed by atoms with Gasteiger partial charge in [-0.3, -0.25) is 0 Å². The number of fused-ring (bicyclic) bond motifs is 5. The predicted molar refractivity (Wildman–Crippen MR) is 137 cm³/mol. The molecule has 0 aromatic carbocycles. The van der Waals surface area contributed by atoms with Gasteiger partial charge >= 0.3 is 0 Å². The summed E-state index contributed by atoms with van der Waals surface area (Å²) in [6.45, 7) is 17.7. The first-order valence-electron chi connectivity index (χ1n) is 14.4. The zero-order chi connectivity index (χ0) is 26.0. The Morgan fingerprint density at radius 1 is 0.686 bits per heavy atom. The van der Waals surface area contributed by atoms with Gasteiger partial charge in [-0.05, 0) is 117 Å². The number of hydrogen-bond acceptors (Lipinski definition) is 5. The summed E-state index contributed by atoms with van der Waals surface area (Å²) >= 11 is 0. The molecule has 0 amide bonds. The third kappa shape index (κ3) is 3.30. The summed E-state index contributed by atoms with van der Waals surface area (Å²) in [7, 11) is 0. The second-order valence-corrected chi connectivity index (χ2v) is 15.6. The lowest BCUT2D eigenvalue weighted by atomic mass is 9.34. The average Bonchev–Trinajstić information content (AvgIpc) is 3.11. The zero-order valence-electron chi connectivity index (χ0n) is 23.5. The van der Waals surface area contributed by atoms with E-state index in [1.165, 1.54) is 0 Å². The third-order valence-corrected chi connectivity index (χ3v) is 13.2. The first-order valence-corrected chi connectivity index (χ1v) is 14.4. The van der Waals surface area contributed by atoms with Gasteiger partial charge in [-0.15, -0.1) is 0 Å². The largest absolute Gasteiger partial charge is 0.393 e. The molecular formula is C30H52O5. The Morgan fingerprint density at radius 3 is 1.94 bits per heavy atom. The maximum absolute atomic E-state index is 11.9. The number of aliphatic hydroxyl groups excluding tert-OH is 4. The maximum Gasteiger partial charge on any atom is 0.0891 e. The topological polar surface area (TPSA) is 90.2 Å². The van der Waals surface area contributed by atoms with Crippen molar-refractivity contribution in [3.8, 4) is 0 Å². The van der Waals surface area contributed by atoms with Crippen LogP contribution in [0.4, 0.5) is 0 Å². The number of aliphatic hydroxyl groups is 4. The van der Waals surface area contributed by atoms with E-state index in [1.807, 2.05) is 13.8 Å². The monoisotopic (exact) mass is 492 g/mol. The Balaban J connectivity index is 1.53. The second kappa shape index (κ2) is 7.68. The summed E-state index contributed by atoms with van der Waals surface area (Å²) in [6, 6.07) is 0. The van der Waals surface area contributed by atoms with Crippen LogP contribution in [-0.4, -0.2) is 56.0 Å². The van der Waals surface area contributed by atoms with Gasteiger partial charge in [-0.25, -0.2) is 0 Å². The second-order valence-electron chi connectivity index (χ2n) is 15.6. The van der Waals surface area contributed by atoms with Crippen LogP contribution in [0.15, 0.2) is 0 Å². The van der Waals surface area contributed by atoms with Crippen LogP contribution in [0.2, 0.25) is 0 Å². The molecule has 5 heteroatoms. The van der Waals surface area contributed by atoms with Crippen molar-refractivity contribution in [1.29, 1.82) is 0 Å². The lowest BCUT2D eigenvalue weighted by Gasteiger charge is -2.71. The van der Waals surface area contributed by atoms with Gasteiger partial charge in [0.2, 0.25) is 0 Å². The van der Waals surface area contributed by atoms with Gasteiger partial charge in [-0.2, -0.15) is 0 Å². The van der Waals surface area contributed by atoms with Crippen molar-refractivity contribution < 1.29 is 25.2 Å². The fourth-order valence-electron chi connectivity index (χ4n) is 11.4. The molecule has 202 valence electrons. The van der Waals surface area contributed by atoms with E-state index < -0.39 is 30.0 Å². The van der Waals surface area contributed by atoms with Gasteiger partial charge < -0.3 is 25.2 Å². The molecule has 1 heterocycles. The normalized spacial score (nSPS) is 59.3. The number of ether oxygens (including phenoxy) is 1. The minimum atomic E-state index is -0.589. The molecule has 0 bridgehead atoms. The predicted octanol–water partition coefficient (Wildman–Crippen LogP) is 4.68. The number of hydrogen-bond donors (Lipinski definition) is 4. The van der Waals surface area contributed by atoms with Crippen LogP contribution >= 0.6 is 0 Å². The molecule has 5 fully saturated rings. The summed E-state index contributed by atoms with van der Waals surface area (Å²) in [4.78, 5) is 0. The Kier molecular flexibility index (Phi) is 5.80. The molecule has 1 saturated heterocycles. The molecule has 0 aromatic heterocycles. The third-order valence-electron chi connectivity index (χ3n) is 13.2. The van der Waals surface area contributed by atoms with E-state index in [2.05, 4.69) is 41.5 Å². The van der Waals surface area contributed by atoms with E-state index in [9.17, 15) is 20.4 Å². The van der Waals surface area contributed by atoms with Crippen molar-refractivity contribution in [2.24, 2.45) is 45.3 Å². The highest BCUT2D eigenvalue weighted by Gasteiger charge is 2.73. The molecule has 4 N–H and O–H groups in total. The number of rotatable bonds is 1. The highest BCUT2D eigenvalue weighted by Crippen LogP contribution is 2.76. The fraction of sp³-hybridized carbons (Fsp3) is 1.00. The molecule has 1 aliphatic heterocycles. The van der Waals surface area contributed by atoms with Crippen LogP contribution in [0.3, 0.4) is 0 Å². The highest BCUT2D eigenvalue weighted by molar-refractivity contribution is 5.22. The zero-order valence-corrected chi connectivity index (χ0v) is 23.5. The molecule has 5 nitrogen and oxygen atoms in total. The molecule has 12 atom stereocenters. The molecule has 0 spiro atoms. The molecule has 0 aromatic rings. The first-order chi connectivity index (χ1) is 15.9. The van der Waals surface area contributed by atoms with Crippen LogP contribution in [0.25, 0.3) is 0 Å². The van der Waals surface area contributed by atoms with E-state index >= 15 is 0 Å². The Morgan fingerprint density at radius 2 is 1.31 bits per heavy atom. The van der Waals surface area contributed by atoms with Crippen LogP contribution in [0.1, 0.15) is 107 Å². The van der Waals surface area contributed by atoms with Gasteiger partial charge in [0.05, 0.1) is 35.6 Å². The van der Waals surface area contributed by atoms with E-state index in [-0.39, 0.29) is 45.0 Å². The molecule has 4 aliphatic carbocycles. The Hall–Kier alpha value is -0.200. The van der Waals surface area contributed by atoms with E-state index in [0.29, 0.717) is 5.92 Å². The minimum Gasteiger partial charge on any atom is -0.393 e. The summed E-state index contributed by atoms with van der Waals surface area (Å²) in [5.74, 6) is 0.694. The molecule has 4 saturated carbocycles. The average molecular weight is 493 g/mol. The SMILES string of the molecule is CC1(C)O[C@](C)(C2CC[C@]3(C)C2[C@H](O)C[C@@H]2[C@@]4(C)CC[C@H](O)C(C)(C)C4[C@@H](O)C[C@]23C)CC[C@H]1O. The minimum absolute atomic E-state index is 0.0304. The molecule has 5 rings (SSSR count). The van der Waals surface area contributed by atoms with Crippen molar-refractivity contribution in [2.75, 3.05) is 0 Å². The molecule has 3 unspecified atom stereocenters. The molecule has 5 aliphatic rings. The van der Waals surface area contributed by atoms with Crippen LogP contribution in [0, 0.1) is 45.3 Å². The summed E-state index contributed by atoms with van der Waals surface area (Å²) < 4.78 is 6.70. The Bertz CT molecular complexity index is 856. The van der Waals surface area contributed by atoms with Crippen molar-refractivity contribution >= 4 is 0 Å². The smallest absolute Gasteiger partial charge is 0.0891 e. The van der Waals surface area contributed by atoms with Crippen molar-refractivity contribution in [1.82, 2.24) is 0 Å². The molecular weight excluding hydrogens is 440 g/mol. The van der Waals surface area contributed by atoms with Crippen LogP contribution < -0.4 is 0 Å². The van der Waals surface area contributed by atoms with Gasteiger partial charge in [-0.1, -0.05) is 34.6 Å². The highest BCUT2D eigenvalue weighted by atomic mass is 16.5. The molecule has 35 heavy (non-hydrogen) atoms. The van der Waals surface area contributed by atoms with Gasteiger partial charge in [0.15, 0.2) is 0 Å². The van der Waals surface area contributed by atoms with Gasteiger partial charge in [0.1, 0.15) is 0 Å². The summed E-state index contributed by atoms with van der Waals surface area (Å²) in [5.41, 5.74) is -1.60. The fourth-order valence-corrected chi connectivity index (χ4v) is 11.4. The van der Waals surface area contributed by atoms with Crippen LogP contribution in [-0.2, 0) is 4.74 Å². The van der Waals surface area contributed by atoms with E-state index in [0.717, 1.165) is 51.4 Å². The van der Waals surface area contributed by atoms with Gasteiger partial charge in [0, 0.05) is 0 Å².